The van der Waals surface area contributed by atoms with Gasteiger partial charge in [0.25, 0.3) is 0 Å². The number of carbonyl (C=O) groups excluding carboxylic acids is 1. The van der Waals surface area contributed by atoms with E-state index in [1.807, 2.05) is 0 Å². The van der Waals surface area contributed by atoms with E-state index in [2.05, 4.69) is 0 Å². The number of carbonyl (C=O) groups is 1. The van der Waals surface area contributed by atoms with Crippen molar-refractivity contribution in [3.05, 3.63) is 41.0 Å². The van der Waals surface area contributed by atoms with Gasteiger partial charge in [-0.2, -0.15) is 0 Å². The molecule has 0 aromatic heterocycles. The fraction of sp³-hybridized carbons (Fsp3) is 0.552. The molecule has 3 N–H and O–H groups in total. The van der Waals surface area contributed by atoms with Crippen LogP contribution in [0, 0.1) is 11.8 Å². The number of rotatable bonds is 5. The molecule has 7 rings (SSSR count). The lowest BCUT2D eigenvalue weighted by molar-refractivity contribution is -0.364. The van der Waals surface area contributed by atoms with Crippen LogP contribution in [0.15, 0.2) is 24.3 Å². The zero-order chi connectivity index (χ0) is 29.3. The van der Waals surface area contributed by atoms with Gasteiger partial charge in [-0.05, 0) is 47.9 Å². The van der Waals surface area contributed by atoms with Crippen molar-refractivity contribution in [3.8, 4) is 28.7 Å². The van der Waals surface area contributed by atoms with Crippen molar-refractivity contribution >= 4 is 5.97 Å². The number of phenols is 1. The van der Waals surface area contributed by atoms with Crippen molar-refractivity contribution < 1.29 is 62.7 Å². The first-order chi connectivity index (χ1) is 20.3. The Hall–Kier alpha value is -3.33. The molecule has 0 spiro atoms. The Bertz CT molecular complexity index is 1350. The Kier molecular flexibility index (Phi) is 6.83. The molecular formula is C29H32O13. The SMILES string of the molecule is COc1cc([C@@H]2c3cc4c(cc3C(O[C@@H]3O[C@@H]5CO[C@H](C)O[C@H]5[C@@H](O)[C@H]3O)C3COC(=O)C32)OCO4)cc(OC)c1O. The standard InChI is InChI=1S/C29H32O13/c1-11-36-9-20-27(40-11)24(31)25(32)29(41-20)42-26-14-7-17-16(38-10-39-17)6-13(14)21(22-15(26)8-37-28(22)33)12-4-18(34-2)23(30)19(5-12)35-3/h4-7,11,15,20-22,24-27,29-32H,8-10H2,1-3H3/t11-,15?,20+,21+,22?,24-,25+,26?,27+,29-/m0/s1. The molecule has 5 aliphatic rings. The number of benzene rings is 2. The fourth-order valence-corrected chi connectivity index (χ4v) is 6.74. The summed E-state index contributed by atoms with van der Waals surface area (Å²) in [6.07, 6.45) is -6.80. The molecule has 1 aliphatic carbocycles. The average molecular weight is 589 g/mol. The number of aliphatic hydroxyl groups excluding tert-OH is 2. The lowest BCUT2D eigenvalue weighted by Crippen LogP contribution is -2.63. The van der Waals surface area contributed by atoms with Crippen molar-refractivity contribution in [1.29, 1.82) is 0 Å². The van der Waals surface area contributed by atoms with E-state index < -0.39 is 66.8 Å². The molecule has 3 unspecified atom stereocenters. The largest absolute Gasteiger partial charge is 0.502 e. The number of esters is 1. The van der Waals surface area contributed by atoms with Gasteiger partial charge in [-0.3, -0.25) is 4.79 Å². The maximum Gasteiger partial charge on any atom is 0.310 e. The predicted molar refractivity (Wildman–Crippen MR) is 138 cm³/mol. The van der Waals surface area contributed by atoms with Gasteiger partial charge in [0, 0.05) is 11.8 Å². The maximum atomic E-state index is 13.4. The van der Waals surface area contributed by atoms with Gasteiger partial charge in [0.05, 0.1) is 39.5 Å². The maximum absolute atomic E-state index is 13.4. The topological polar surface area (TPSA) is 161 Å². The molecule has 42 heavy (non-hydrogen) atoms. The van der Waals surface area contributed by atoms with E-state index in [4.69, 9.17) is 42.6 Å². The van der Waals surface area contributed by atoms with Gasteiger partial charge < -0.3 is 58.0 Å². The van der Waals surface area contributed by atoms with Gasteiger partial charge in [0.15, 0.2) is 35.6 Å². The van der Waals surface area contributed by atoms with Crippen molar-refractivity contribution in [1.82, 2.24) is 0 Å². The molecule has 10 atom stereocenters. The highest BCUT2D eigenvalue weighted by Crippen LogP contribution is 2.57. The number of aliphatic hydroxyl groups is 2. The van der Waals surface area contributed by atoms with E-state index in [0.717, 1.165) is 0 Å². The summed E-state index contributed by atoms with van der Waals surface area (Å²) in [5, 5.41) is 32.5. The van der Waals surface area contributed by atoms with Crippen molar-refractivity contribution in [2.75, 3.05) is 34.2 Å². The Morgan fingerprint density at radius 2 is 1.57 bits per heavy atom. The van der Waals surface area contributed by atoms with Gasteiger partial charge in [0.1, 0.15) is 24.4 Å². The first-order valence-corrected chi connectivity index (χ1v) is 13.8. The monoisotopic (exact) mass is 588 g/mol. The van der Waals surface area contributed by atoms with Crippen molar-refractivity contribution in [2.45, 2.75) is 55.9 Å². The van der Waals surface area contributed by atoms with Crippen molar-refractivity contribution in [3.63, 3.8) is 0 Å². The second-order valence-electron chi connectivity index (χ2n) is 11.0. The van der Waals surface area contributed by atoms with Crippen LogP contribution in [0.4, 0.5) is 0 Å². The number of cyclic esters (lactones) is 1. The Morgan fingerprint density at radius 1 is 0.881 bits per heavy atom. The summed E-state index contributed by atoms with van der Waals surface area (Å²) in [6.45, 7) is 1.93. The number of methoxy groups -OCH3 is 2. The first kappa shape index (κ1) is 27.5. The Labute approximate surface area is 240 Å². The molecule has 13 heteroatoms. The lowest BCUT2D eigenvalue weighted by Gasteiger charge is -2.47. The van der Waals surface area contributed by atoms with Crippen LogP contribution in [0.2, 0.25) is 0 Å². The van der Waals surface area contributed by atoms with Gasteiger partial charge in [-0.25, -0.2) is 0 Å². The quantitative estimate of drug-likeness (QED) is 0.430. The predicted octanol–water partition coefficient (Wildman–Crippen LogP) is 1.34. The zero-order valence-corrected chi connectivity index (χ0v) is 23.1. The Balaban J connectivity index is 1.32. The van der Waals surface area contributed by atoms with E-state index in [-0.39, 0.29) is 37.3 Å². The van der Waals surface area contributed by atoms with Crippen LogP contribution in [-0.4, -0.2) is 92.5 Å². The third-order valence-electron chi connectivity index (χ3n) is 8.75. The van der Waals surface area contributed by atoms with Crippen LogP contribution in [0.1, 0.15) is 35.6 Å². The summed E-state index contributed by atoms with van der Waals surface area (Å²) < 4.78 is 51.5. The zero-order valence-electron chi connectivity index (χ0n) is 23.1. The highest BCUT2D eigenvalue weighted by atomic mass is 16.8. The van der Waals surface area contributed by atoms with Crippen LogP contribution in [0.5, 0.6) is 28.7 Å². The number of ether oxygens (including phenoxy) is 9. The summed E-state index contributed by atoms with van der Waals surface area (Å²) in [5.41, 5.74) is 2.01. The molecule has 4 aliphatic heterocycles. The number of aromatic hydroxyl groups is 1. The Morgan fingerprint density at radius 3 is 2.26 bits per heavy atom. The summed E-state index contributed by atoms with van der Waals surface area (Å²) in [4.78, 5) is 13.4. The number of hydrogen-bond acceptors (Lipinski definition) is 13. The van der Waals surface area contributed by atoms with Crippen LogP contribution in [-0.2, 0) is 28.5 Å². The summed E-state index contributed by atoms with van der Waals surface area (Å²) >= 11 is 0. The summed E-state index contributed by atoms with van der Waals surface area (Å²) in [5.74, 6) is -1.02. The van der Waals surface area contributed by atoms with Crippen molar-refractivity contribution in [2.24, 2.45) is 11.8 Å². The van der Waals surface area contributed by atoms with Gasteiger partial charge in [0.2, 0.25) is 12.5 Å². The van der Waals surface area contributed by atoms with E-state index >= 15 is 0 Å². The normalized spacial score (nSPS) is 36.5. The van der Waals surface area contributed by atoms with Crippen LogP contribution < -0.4 is 18.9 Å². The molecule has 3 fully saturated rings. The third-order valence-corrected chi connectivity index (χ3v) is 8.75. The fourth-order valence-electron chi connectivity index (χ4n) is 6.74. The minimum Gasteiger partial charge on any atom is -0.502 e. The van der Waals surface area contributed by atoms with E-state index in [0.29, 0.717) is 28.2 Å². The minimum atomic E-state index is -1.44. The van der Waals surface area contributed by atoms with E-state index in [9.17, 15) is 20.1 Å². The average Bonchev–Trinajstić information content (AvgIpc) is 3.61. The molecule has 0 radical (unpaired) electrons. The van der Waals surface area contributed by atoms with E-state index in [1.54, 1.807) is 31.2 Å². The number of phenolic OH excluding ortho intramolecular Hbond substituents is 1. The van der Waals surface area contributed by atoms with Gasteiger partial charge >= 0.3 is 5.97 Å². The summed E-state index contributed by atoms with van der Waals surface area (Å²) in [7, 11) is 2.86. The minimum absolute atomic E-state index is 0.0301. The van der Waals surface area contributed by atoms with Crippen LogP contribution >= 0.6 is 0 Å². The van der Waals surface area contributed by atoms with Crippen LogP contribution in [0.3, 0.4) is 0 Å². The molecule has 4 heterocycles. The molecular weight excluding hydrogens is 556 g/mol. The number of fused-ring (bicyclic) bond motifs is 4. The van der Waals surface area contributed by atoms with Gasteiger partial charge in [-0.15, -0.1) is 0 Å². The lowest BCUT2D eigenvalue weighted by atomic mass is 9.66. The molecule has 0 bridgehead atoms. The molecule has 3 saturated heterocycles. The van der Waals surface area contributed by atoms with Crippen LogP contribution in [0.25, 0.3) is 0 Å². The molecule has 2 aromatic rings. The molecule has 0 saturated carbocycles. The first-order valence-electron chi connectivity index (χ1n) is 13.8. The highest BCUT2D eigenvalue weighted by molar-refractivity contribution is 5.79. The molecule has 0 amide bonds. The smallest absolute Gasteiger partial charge is 0.310 e. The van der Waals surface area contributed by atoms with Gasteiger partial charge in [-0.1, -0.05) is 0 Å². The molecule has 2 aromatic carbocycles. The summed E-state index contributed by atoms with van der Waals surface area (Å²) in [6, 6.07) is 6.93. The second-order valence-corrected chi connectivity index (χ2v) is 11.0. The molecule has 226 valence electrons. The molecule has 13 nitrogen and oxygen atoms in total. The highest BCUT2D eigenvalue weighted by Gasteiger charge is 2.56. The third kappa shape index (κ3) is 4.26. The number of hydrogen-bond donors (Lipinski definition) is 3. The second kappa shape index (κ2) is 10.4. The van der Waals surface area contributed by atoms with E-state index in [1.165, 1.54) is 14.2 Å².